The highest BCUT2D eigenvalue weighted by Gasteiger charge is 2.13. The Balaban J connectivity index is 2.02. The first-order chi connectivity index (χ1) is 11.0. The van der Waals surface area contributed by atoms with Crippen molar-refractivity contribution in [3.63, 3.8) is 0 Å². The Morgan fingerprint density at radius 2 is 1.78 bits per heavy atom. The maximum Gasteiger partial charge on any atom is 0.271 e. The molecular weight excluding hydrogens is 355 g/mol. The molecule has 7 heteroatoms. The second-order valence-electron chi connectivity index (χ2n) is 4.67. The van der Waals surface area contributed by atoms with Gasteiger partial charge in [-0.3, -0.25) is 20.4 Å². The fraction of sp³-hybridized carbons (Fsp3) is 0.125. The molecule has 0 spiro atoms. The van der Waals surface area contributed by atoms with Crippen LogP contribution in [0, 0.1) is 0 Å². The van der Waals surface area contributed by atoms with Gasteiger partial charge in [0, 0.05) is 16.3 Å². The van der Waals surface area contributed by atoms with Crippen LogP contribution in [0.1, 0.15) is 26.3 Å². The van der Waals surface area contributed by atoms with Gasteiger partial charge in [-0.25, -0.2) is 0 Å². The molecule has 2 N–H and O–H groups in total. The second-order valence-corrected chi connectivity index (χ2v) is 6.38. The van der Waals surface area contributed by atoms with Gasteiger partial charge < -0.3 is 0 Å². The van der Waals surface area contributed by atoms with E-state index >= 15 is 0 Å². The van der Waals surface area contributed by atoms with Crippen molar-refractivity contribution in [3.05, 3.63) is 69.2 Å². The maximum absolute atomic E-state index is 12.1. The largest absolute Gasteiger partial charge is 0.271 e. The number of amides is 2. The average molecular weight is 369 g/mol. The molecule has 23 heavy (non-hydrogen) atoms. The van der Waals surface area contributed by atoms with Crippen molar-refractivity contribution < 1.29 is 9.59 Å². The minimum atomic E-state index is -0.536. The van der Waals surface area contributed by atoms with E-state index in [4.69, 9.17) is 23.2 Å². The third kappa shape index (κ3) is 4.89. The molecule has 0 bridgehead atoms. The topological polar surface area (TPSA) is 58.2 Å². The maximum atomic E-state index is 12.1. The first kappa shape index (κ1) is 17.7. The molecule has 2 rings (SSSR count). The second kappa shape index (κ2) is 8.24. The van der Waals surface area contributed by atoms with Crippen LogP contribution in [0.3, 0.4) is 0 Å². The molecule has 0 aliphatic carbocycles. The smallest absolute Gasteiger partial charge is 0.267 e. The van der Waals surface area contributed by atoms with E-state index in [9.17, 15) is 9.59 Å². The Morgan fingerprint density at radius 3 is 2.52 bits per heavy atom. The summed E-state index contributed by atoms with van der Waals surface area (Å²) in [5, 5.41) is 0.638. The van der Waals surface area contributed by atoms with E-state index in [0.29, 0.717) is 10.6 Å². The van der Waals surface area contributed by atoms with E-state index in [1.807, 2.05) is 12.3 Å². The Morgan fingerprint density at radius 1 is 1.04 bits per heavy atom. The van der Waals surface area contributed by atoms with E-state index in [1.165, 1.54) is 12.1 Å². The van der Waals surface area contributed by atoms with Gasteiger partial charge in [-0.2, -0.15) is 11.8 Å². The van der Waals surface area contributed by atoms with Gasteiger partial charge in [0.25, 0.3) is 11.8 Å². The third-order valence-corrected chi connectivity index (χ3v) is 4.15. The summed E-state index contributed by atoms with van der Waals surface area (Å²) in [6.45, 7) is 0. The summed E-state index contributed by atoms with van der Waals surface area (Å²) in [6, 6.07) is 11.7. The molecule has 0 heterocycles. The van der Waals surface area contributed by atoms with Crippen molar-refractivity contribution in [1.29, 1.82) is 0 Å². The van der Waals surface area contributed by atoms with Crippen molar-refractivity contribution in [2.24, 2.45) is 0 Å². The summed E-state index contributed by atoms with van der Waals surface area (Å²) in [6.07, 6.45) is 1.99. The predicted octanol–water partition coefficient (Wildman–Crippen LogP) is 3.93. The fourth-order valence-electron chi connectivity index (χ4n) is 1.89. The summed E-state index contributed by atoms with van der Waals surface area (Å²) < 4.78 is 0. The minimum absolute atomic E-state index is 0.190. The van der Waals surface area contributed by atoms with Gasteiger partial charge in [-0.15, -0.1) is 0 Å². The first-order valence-electron chi connectivity index (χ1n) is 6.65. The monoisotopic (exact) mass is 368 g/mol. The highest BCUT2D eigenvalue weighted by molar-refractivity contribution is 7.97. The van der Waals surface area contributed by atoms with Crippen LogP contribution >= 0.6 is 35.0 Å². The number of halogens is 2. The molecule has 0 radical (unpaired) electrons. The van der Waals surface area contributed by atoms with Gasteiger partial charge in [-0.1, -0.05) is 35.3 Å². The number of carbonyl (C=O) groups excluding carboxylic acids is 2. The number of carbonyl (C=O) groups is 2. The normalized spacial score (nSPS) is 10.2. The Hall–Kier alpha value is -1.69. The predicted molar refractivity (Wildman–Crippen MR) is 95.1 cm³/mol. The van der Waals surface area contributed by atoms with Crippen LogP contribution in [0.5, 0.6) is 0 Å². The highest BCUT2D eigenvalue weighted by Crippen LogP contribution is 2.20. The van der Waals surface area contributed by atoms with Gasteiger partial charge >= 0.3 is 0 Å². The van der Waals surface area contributed by atoms with Gasteiger partial charge in [0.05, 0.1) is 10.6 Å². The zero-order valence-corrected chi connectivity index (χ0v) is 14.6. The van der Waals surface area contributed by atoms with Crippen LogP contribution in [0.4, 0.5) is 0 Å². The average Bonchev–Trinajstić information content (AvgIpc) is 2.55. The molecule has 4 nitrogen and oxygen atoms in total. The Bertz CT molecular complexity index is 738. The van der Waals surface area contributed by atoms with Crippen LogP contribution in [0.25, 0.3) is 0 Å². The third-order valence-electron chi connectivity index (χ3n) is 2.96. The highest BCUT2D eigenvalue weighted by atomic mass is 35.5. The number of hydrazine groups is 1. The van der Waals surface area contributed by atoms with E-state index in [1.54, 1.807) is 36.0 Å². The summed E-state index contributed by atoms with van der Waals surface area (Å²) >= 11 is 13.4. The van der Waals surface area contributed by atoms with E-state index in [-0.39, 0.29) is 10.6 Å². The Kier molecular flexibility index (Phi) is 6.33. The fourth-order valence-corrected chi connectivity index (χ4v) is 2.78. The van der Waals surface area contributed by atoms with Gasteiger partial charge in [-0.05, 0) is 42.2 Å². The lowest BCUT2D eigenvalue weighted by molar-refractivity contribution is 0.0846. The van der Waals surface area contributed by atoms with Crippen molar-refractivity contribution in [1.82, 2.24) is 10.9 Å². The van der Waals surface area contributed by atoms with E-state index < -0.39 is 11.8 Å². The number of hydrogen-bond donors (Lipinski definition) is 2. The minimum Gasteiger partial charge on any atom is -0.267 e. The van der Waals surface area contributed by atoms with Gasteiger partial charge in [0.2, 0.25) is 0 Å². The van der Waals surface area contributed by atoms with Crippen LogP contribution in [-0.4, -0.2) is 18.1 Å². The zero-order chi connectivity index (χ0) is 16.8. The zero-order valence-electron chi connectivity index (χ0n) is 12.2. The molecule has 0 saturated carbocycles. The molecule has 0 saturated heterocycles. The van der Waals surface area contributed by atoms with Crippen molar-refractivity contribution in [2.75, 3.05) is 6.26 Å². The van der Waals surface area contributed by atoms with Crippen LogP contribution in [0.15, 0.2) is 42.5 Å². The number of rotatable bonds is 4. The lowest BCUT2D eigenvalue weighted by Crippen LogP contribution is -2.41. The molecular formula is C16H14Cl2N2O2S. The summed E-state index contributed by atoms with van der Waals surface area (Å²) in [7, 11) is 0. The molecule has 0 aliphatic rings. The van der Waals surface area contributed by atoms with Crippen molar-refractivity contribution in [3.8, 4) is 0 Å². The standard InChI is InChI=1S/C16H14Cl2N2O2S/c1-23-9-10-3-2-4-11(7-10)15(21)19-20-16(22)13-8-12(17)5-6-14(13)18/h2-8H,9H2,1H3,(H,19,21)(H,20,22). The quantitative estimate of drug-likeness (QED) is 0.803. The van der Waals surface area contributed by atoms with Crippen LogP contribution in [0.2, 0.25) is 10.0 Å². The lowest BCUT2D eigenvalue weighted by Gasteiger charge is -2.09. The molecule has 0 aliphatic heterocycles. The molecule has 0 fully saturated rings. The molecule has 0 atom stereocenters. The van der Waals surface area contributed by atoms with Gasteiger partial charge in [0.1, 0.15) is 0 Å². The summed E-state index contributed by atoms with van der Waals surface area (Å²) in [4.78, 5) is 24.1. The summed E-state index contributed by atoms with van der Waals surface area (Å²) in [5.74, 6) is -0.128. The lowest BCUT2D eigenvalue weighted by atomic mass is 10.1. The molecule has 120 valence electrons. The molecule has 0 unspecified atom stereocenters. The molecule has 2 aromatic rings. The van der Waals surface area contributed by atoms with Crippen molar-refractivity contribution in [2.45, 2.75) is 5.75 Å². The number of nitrogens with one attached hydrogen (secondary N) is 2. The van der Waals surface area contributed by atoms with Crippen molar-refractivity contribution >= 4 is 46.8 Å². The molecule has 2 amide bonds. The SMILES string of the molecule is CSCc1cccc(C(=O)NNC(=O)c2cc(Cl)ccc2Cl)c1. The molecule has 0 aromatic heterocycles. The number of thioether (sulfide) groups is 1. The Labute approximate surface area is 148 Å². The van der Waals surface area contributed by atoms with E-state index in [0.717, 1.165) is 11.3 Å². The number of hydrogen-bond acceptors (Lipinski definition) is 3. The summed E-state index contributed by atoms with van der Waals surface area (Å²) in [5.41, 5.74) is 6.39. The molecule has 2 aromatic carbocycles. The van der Waals surface area contributed by atoms with Gasteiger partial charge in [0.15, 0.2) is 0 Å². The van der Waals surface area contributed by atoms with E-state index in [2.05, 4.69) is 10.9 Å². The van der Waals surface area contributed by atoms with Crippen LogP contribution in [-0.2, 0) is 5.75 Å². The van der Waals surface area contributed by atoms with Crippen LogP contribution < -0.4 is 10.9 Å². The first-order valence-corrected chi connectivity index (χ1v) is 8.80. The number of benzene rings is 2.